The SMILES string of the molecule is CO[Si](C)(C)c1ccc(-c2cc(F)c(F)c(F)c2)cc1. The van der Waals surface area contributed by atoms with E-state index in [9.17, 15) is 13.2 Å². The van der Waals surface area contributed by atoms with Gasteiger partial charge in [0, 0.05) is 7.11 Å². The van der Waals surface area contributed by atoms with Crippen molar-refractivity contribution in [2.24, 2.45) is 0 Å². The van der Waals surface area contributed by atoms with Crippen LogP contribution in [-0.2, 0) is 4.43 Å². The summed E-state index contributed by atoms with van der Waals surface area (Å²) >= 11 is 0. The second-order valence-corrected chi connectivity index (χ2v) is 9.05. The fraction of sp³-hybridized carbons (Fsp3) is 0.200. The number of halogens is 3. The van der Waals surface area contributed by atoms with E-state index < -0.39 is 25.8 Å². The van der Waals surface area contributed by atoms with Gasteiger partial charge in [0.25, 0.3) is 0 Å². The summed E-state index contributed by atoms with van der Waals surface area (Å²) in [4.78, 5) is 0. The number of benzene rings is 2. The van der Waals surface area contributed by atoms with Gasteiger partial charge in [0.2, 0.25) is 8.32 Å². The molecule has 0 bridgehead atoms. The minimum Gasteiger partial charge on any atom is -0.416 e. The molecule has 20 heavy (non-hydrogen) atoms. The summed E-state index contributed by atoms with van der Waals surface area (Å²) in [5, 5.41) is 1.08. The average Bonchev–Trinajstić information content (AvgIpc) is 2.44. The molecule has 2 aromatic carbocycles. The van der Waals surface area contributed by atoms with Crippen LogP contribution < -0.4 is 5.19 Å². The number of hydrogen-bond donors (Lipinski definition) is 0. The van der Waals surface area contributed by atoms with Crippen molar-refractivity contribution in [3.8, 4) is 11.1 Å². The maximum atomic E-state index is 13.2. The lowest BCUT2D eigenvalue weighted by Gasteiger charge is -2.20. The minimum absolute atomic E-state index is 0.310. The van der Waals surface area contributed by atoms with Gasteiger partial charge in [-0.05, 0) is 41.5 Å². The lowest BCUT2D eigenvalue weighted by Crippen LogP contribution is -2.43. The molecule has 0 fully saturated rings. The highest BCUT2D eigenvalue weighted by molar-refractivity contribution is 6.84. The first kappa shape index (κ1) is 14.8. The van der Waals surface area contributed by atoms with Crippen LogP contribution in [0.1, 0.15) is 0 Å². The van der Waals surface area contributed by atoms with Crippen molar-refractivity contribution < 1.29 is 17.6 Å². The van der Waals surface area contributed by atoms with Gasteiger partial charge in [-0.2, -0.15) is 0 Å². The van der Waals surface area contributed by atoms with E-state index in [0.717, 1.165) is 17.3 Å². The van der Waals surface area contributed by atoms with Crippen LogP contribution in [0.5, 0.6) is 0 Å². The fourth-order valence-corrected chi connectivity index (χ4v) is 3.11. The van der Waals surface area contributed by atoms with Crippen molar-refractivity contribution in [2.45, 2.75) is 13.1 Å². The quantitative estimate of drug-likeness (QED) is 0.618. The zero-order valence-electron chi connectivity index (χ0n) is 11.5. The first-order valence-electron chi connectivity index (χ1n) is 6.16. The van der Waals surface area contributed by atoms with Gasteiger partial charge in [0.1, 0.15) is 0 Å². The van der Waals surface area contributed by atoms with Crippen molar-refractivity contribution in [2.75, 3.05) is 7.11 Å². The molecule has 0 amide bonds. The third-order valence-corrected chi connectivity index (χ3v) is 6.15. The van der Waals surface area contributed by atoms with E-state index in [1.807, 2.05) is 12.1 Å². The topological polar surface area (TPSA) is 9.23 Å². The lowest BCUT2D eigenvalue weighted by molar-refractivity contribution is 0.416. The van der Waals surface area contributed by atoms with Gasteiger partial charge in [0.05, 0.1) is 0 Å². The van der Waals surface area contributed by atoms with Gasteiger partial charge in [-0.15, -0.1) is 0 Å². The Balaban J connectivity index is 2.40. The molecule has 0 saturated heterocycles. The smallest absolute Gasteiger partial charge is 0.217 e. The summed E-state index contributed by atoms with van der Waals surface area (Å²) in [6.45, 7) is 4.11. The number of hydrogen-bond acceptors (Lipinski definition) is 1. The third kappa shape index (κ3) is 2.78. The first-order valence-corrected chi connectivity index (χ1v) is 9.06. The van der Waals surface area contributed by atoms with Gasteiger partial charge < -0.3 is 4.43 Å². The highest BCUT2D eigenvalue weighted by Gasteiger charge is 2.23. The van der Waals surface area contributed by atoms with Gasteiger partial charge in [0.15, 0.2) is 17.5 Å². The maximum absolute atomic E-state index is 13.2. The minimum atomic E-state index is -1.92. The molecule has 5 heteroatoms. The summed E-state index contributed by atoms with van der Waals surface area (Å²) in [5.74, 6) is -3.82. The van der Waals surface area contributed by atoms with Crippen molar-refractivity contribution in [1.82, 2.24) is 0 Å². The summed E-state index contributed by atoms with van der Waals surface area (Å²) in [6, 6.07) is 9.26. The van der Waals surface area contributed by atoms with E-state index in [0.29, 0.717) is 11.1 Å². The van der Waals surface area contributed by atoms with Crippen molar-refractivity contribution in [3.05, 3.63) is 53.8 Å². The van der Waals surface area contributed by atoms with Crippen LogP contribution in [0, 0.1) is 17.5 Å². The molecule has 0 spiro atoms. The monoisotopic (exact) mass is 296 g/mol. The zero-order chi connectivity index (χ0) is 14.9. The molecule has 106 valence electrons. The molecule has 2 rings (SSSR count). The van der Waals surface area contributed by atoms with Crippen LogP contribution >= 0.6 is 0 Å². The highest BCUT2D eigenvalue weighted by atomic mass is 28.4. The summed E-state index contributed by atoms with van der Waals surface area (Å²) < 4.78 is 44.9. The lowest BCUT2D eigenvalue weighted by atomic mass is 10.1. The van der Waals surface area contributed by atoms with Crippen LogP contribution in [-0.4, -0.2) is 15.4 Å². The van der Waals surface area contributed by atoms with E-state index in [2.05, 4.69) is 13.1 Å². The molecule has 0 N–H and O–H groups in total. The Bertz CT molecular complexity index is 601. The molecule has 0 saturated carbocycles. The Morgan fingerprint density at radius 2 is 1.35 bits per heavy atom. The molecule has 2 aromatic rings. The van der Waals surface area contributed by atoms with Gasteiger partial charge in [-0.3, -0.25) is 0 Å². The maximum Gasteiger partial charge on any atom is 0.217 e. The Hall–Kier alpha value is -1.59. The van der Waals surface area contributed by atoms with Gasteiger partial charge >= 0.3 is 0 Å². The molecular formula is C15H15F3OSi. The summed E-state index contributed by atoms with van der Waals surface area (Å²) in [5.41, 5.74) is 0.942. The normalized spacial score (nSPS) is 11.7. The molecule has 0 atom stereocenters. The Morgan fingerprint density at radius 1 is 0.850 bits per heavy atom. The van der Waals surface area contributed by atoms with E-state index >= 15 is 0 Å². The standard InChI is InChI=1S/C15H15F3OSi/c1-19-20(2,3)12-6-4-10(5-7-12)11-8-13(16)15(18)14(17)9-11/h4-9H,1-3H3. The molecule has 0 unspecified atom stereocenters. The predicted octanol–water partition coefficient (Wildman–Crippen LogP) is 3.83. The molecule has 1 nitrogen and oxygen atoms in total. The summed E-state index contributed by atoms with van der Waals surface area (Å²) in [7, 11) is -0.245. The van der Waals surface area contributed by atoms with E-state index in [4.69, 9.17) is 4.43 Å². The van der Waals surface area contributed by atoms with Crippen molar-refractivity contribution in [3.63, 3.8) is 0 Å². The van der Waals surface area contributed by atoms with Gasteiger partial charge in [-0.1, -0.05) is 24.3 Å². The second-order valence-electron chi connectivity index (χ2n) is 5.05. The van der Waals surface area contributed by atoms with Crippen LogP contribution in [0.25, 0.3) is 11.1 Å². The highest BCUT2D eigenvalue weighted by Crippen LogP contribution is 2.23. The predicted molar refractivity (Wildman–Crippen MR) is 75.9 cm³/mol. The Morgan fingerprint density at radius 3 is 1.80 bits per heavy atom. The molecule has 0 aliphatic rings. The third-order valence-electron chi connectivity index (χ3n) is 3.41. The van der Waals surface area contributed by atoms with Gasteiger partial charge in [-0.25, -0.2) is 13.2 Å². The van der Waals surface area contributed by atoms with Crippen LogP contribution in [0.15, 0.2) is 36.4 Å². The molecule has 0 aliphatic carbocycles. The van der Waals surface area contributed by atoms with Crippen LogP contribution in [0.2, 0.25) is 13.1 Å². The zero-order valence-corrected chi connectivity index (χ0v) is 12.5. The fourth-order valence-electron chi connectivity index (χ4n) is 1.90. The molecule has 0 aromatic heterocycles. The Labute approximate surface area is 117 Å². The Kier molecular flexibility index (Phi) is 4.01. The van der Waals surface area contributed by atoms with E-state index in [1.54, 1.807) is 19.2 Å². The molecule has 0 heterocycles. The van der Waals surface area contributed by atoms with E-state index in [1.165, 1.54) is 0 Å². The van der Waals surface area contributed by atoms with Crippen molar-refractivity contribution >= 4 is 13.5 Å². The van der Waals surface area contributed by atoms with Crippen LogP contribution in [0.3, 0.4) is 0 Å². The van der Waals surface area contributed by atoms with Crippen molar-refractivity contribution in [1.29, 1.82) is 0 Å². The molecular weight excluding hydrogens is 281 g/mol. The van der Waals surface area contributed by atoms with E-state index in [-0.39, 0.29) is 0 Å². The largest absolute Gasteiger partial charge is 0.416 e. The summed E-state index contributed by atoms with van der Waals surface area (Å²) in [6.07, 6.45) is 0. The second kappa shape index (κ2) is 5.42. The average molecular weight is 296 g/mol. The van der Waals surface area contributed by atoms with Crippen LogP contribution in [0.4, 0.5) is 13.2 Å². The molecule has 0 radical (unpaired) electrons. The first-order chi connectivity index (χ1) is 9.35. The number of rotatable bonds is 3. The molecule has 0 aliphatic heterocycles.